The topological polar surface area (TPSA) is 57.0 Å². The highest BCUT2D eigenvalue weighted by Crippen LogP contribution is 2.46. The molecule has 12 rings (SSSR count). The van der Waals surface area contributed by atoms with Crippen molar-refractivity contribution in [3.8, 4) is 50.6 Å². The Morgan fingerprint density at radius 2 is 0.930 bits per heavy atom. The first kappa shape index (κ1) is 31.6. The van der Waals surface area contributed by atoms with Crippen molar-refractivity contribution in [1.29, 1.82) is 0 Å². The second-order valence-corrected chi connectivity index (χ2v) is 14.5. The van der Waals surface area contributed by atoms with Gasteiger partial charge < -0.3 is 13.4 Å². The van der Waals surface area contributed by atoms with Crippen LogP contribution in [0.1, 0.15) is 0 Å². The van der Waals surface area contributed by atoms with Crippen molar-refractivity contribution < 1.29 is 8.83 Å². The average Bonchev–Trinajstić information content (AvgIpc) is 3.95. The molecule has 0 atom stereocenters. The Bertz CT molecular complexity index is 3450. The van der Waals surface area contributed by atoms with Crippen molar-refractivity contribution in [2.24, 2.45) is 0 Å². The summed E-state index contributed by atoms with van der Waals surface area (Å²) < 4.78 is 15.6. The van der Waals surface area contributed by atoms with Crippen LogP contribution in [0.2, 0.25) is 0 Å². The largest absolute Gasteiger partial charge is 0.456 e. The van der Waals surface area contributed by atoms with Gasteiger partial charge in [0.05, 0.1) is 16.7 Å². The van der Waals surface area contributed by atoms with E-state index >= 15 is 0 Å². The number of benzene rings is 8. The van der Waals surface area contributed by atoms with Crippen LogP contribution in [-0.2, 0) is 0 Å². The average molecular weight is 730 g/mol. The number of fused-ring (bicyclic) bond motifs is 9. The Morgan fingerprint density at radius 1 is 0.368 bits per heavy atom. The van der Waals surface area contributed by atoms with Gasteiger partial charge in [-0.3, -0.25) is 0 Å². The van der Waals surface area contributed by atoms with Gasteiger partial charge in [-0.2, -0.15) is 0 Å². The quantitative estimate of drug-likeness (QED) is 0.177. The summed E-state index contributed by atoms with van der Waals surface area (Å²) in [5, 5.41) is 5.43. The standard InChI is InChI=1S/C52H31N3O2/c1-4-16-32(17-5-1)39-28-35(48-51-49(38-24-12-15-27-46(38)57-51)54-52(53-48)34-20-8-3-9-21-34)29-40(33-18-6-2-7-19-33)50(39)55-43-25-13-10-22-36(43)41-31-47-42(30-44(41)55)37-23-11-14-26-45(37)56-47/h1-31H. The zero-order valence-electron chi connectivity index (χ0n) is 30.6. The molecule has 0 radical (unpaired) electrons. The highest BCUT2D eigenvalue weighted by molar-refractivity contribution is 6.18. The maximum absolute atomic E-state index is 6.67. The van der Waals surface area contributed by atoms with Crippen LogP contribution in [0.3, 0.4) is 0 Å². The van der Waals surface area contributed by atoms with E-state index in [0.29, 0.717) is 11.4 Å². The number of hydrogen-bond donors (Lipinski definition) is 0. The van der Waals surface area contributed by atoms with E-state index in [0.717, 1.165) is 105 Å². The lowest BCUT2D eigenvalue weighted by molar-refractivity contribution is 0.667. The van der Waals surface area contributed by atoms with E-state index in [1.54, 1.807) is 0 Å². The highest BCUT2D eigenvalue weighted by Gasteiger charge is 2.25. The monoisotopic (exact) mass is 729 g/mol. The lowest BCUT2D eigenvalue weighted by Crippen LogP contribution is -2.02. The Balaban J connectivity index is 1.24. The smallest absolute Gasteiger partial charge is 0.180 e. The number of nitrogens with zero attached hydrogens (tertiary/aromatic N) is 3. The summed E-state index contributed by atoms with van der Waals surface area (Å²) in [6, 6.07) is 65.7. The first-order valence-corrected chi connectivity index (χ1v) is 19.2. The van der Waals surface area contributed by atoms with Crippen LogP contribution >= 0.6 is 0 Å². The number of aromatic nitrogens is 3. The summed E-state index contributed by atoms with van der Waals surface area (Å²) in [6.45, 7) is 0. The molecule has 5 nitrogen and oxygen atoms in total. The lowest BCUT2D eigenvalue weighted by Gasteiger charge is -2.21. The van der Waals surface area contributed by atoms with Crippen LogP contribution in [0.5, 0.6) is 0 Å². The van der Waals surface area contributed by atoms with E-state index in [9.17, 15) is 0 Å². The minimum atomic E-state index is 0.648. The third-order valence-electron chi connectivity index (χ3n) is 11.2. The van der Waals surface area contributed by atoms with E-state index in [1.165, 1.54) is 0 Å². The number of furan rings is 2. The molecule has 0 bridgehead atoms. The Hall–Kier alpha value is -7.76. The lowest BCUT2D eigenvalue weighted by atomic mass is 9.91. The molecule has 0 unspecified atom stereocenters. The van der Waals surface area contributed by atoms with Crippen LogP contribution in [-0.4, -0.2) is 14.5 Å². The molecule has 266 valence electrons. The molecule has 5 heteroatoms. The van der Waals surface area contributed by atoms with Gasteiger partial charge >= 0.3 is 0 Å². The summed E-state index contributed by atoms with van der Waals surface area (Å²) in [5.74, 6) is 0.648. The fourth-order valence-electron chi connectivity index (χ4n) is 8.62. The number of hydrogen-bond acceptors (Lipinski definition) is 4. The van der Waals surface area contributed by atoms with Gasteiger partial charge in [0.2, 0.25) is 0 Å². The molecule has 0 fully saturated rings. The third-order valence-corrected chi connectivity index (χ3v) is 11.2. The van der Waals surface area contributed by atoms with Crippen molar-refractivity contribution in [2.75, 3.05) is 0 Å². The zero-order chi connectivity index (χ0) is 37.5. The van der Waals surface area contributed by atoms with Crippen LogP contribution in [0.4, 0.5) is 0 Å². The molecule has 0 N–H and O–H groups in total. The van der Waals surface area contributed by atoms with Gasteiger partial charge in [0.25, 0.3) is 0 Å². The molecule has 57 heavy (non-hydrogen) atoms. The Morgan fingerprint density at radius 3 is 1.61 bits per heavy atom. The van der Waals surface area contributed by atoms with E-state index in [-0.39, 0.29) is 0 Å². The molecule has 8 aromatic carbocycles. The molecule has 4 aromatic heterocycles. The zero-order valence-corrected chi connectivity index (χ0v) is 30.6. The second-order valence-electron chi connectivity index (χ2n) is 14.5. The van der Waals surface area contributed by atoms with Crippen molar-refractivity contribution in [1.82, 2.24) is 14.5 Å². The number of rotatable bonds is 5. The van der Waals surface area contributed by atoms with E-state index in [4.69, 9.17) is 18.8 Å². The molecular formula is C52H31N3O2. The van der Waals surface area contributed by atoms with Crippen LogP contribution < -0.4 is 0 Å². The second kappa shape index (κ2) is 12.4. The molecule has 0 spiro atoms. The first-order chi connectivity index (χ1) is 28.3. The predicted molar refractivity (Wildman–Crippen MR) is 233 cm³/mol. The molecule has 4 heterocycles. The van der Waals surface area contributed by atoms with Crippen molar-refractivity contribution >= 4 is 65.8 Å². The maximum Gasteiger partial charge on any atom is 0.180 e. The van der Waals surface area contributed by atoms with Crippen molar-refractivity contribution in [3.05, 3.63) is 188 Å². The van der Waals surface area contributed by atoms with E-state index in [2.05, 4.69) is 144 Å². The summed E-state index contributed by atoms with van der Waals surface area (Å²) in [6.07, 6.45) is 0. The normalized spacial score (nSPS) is 11.9. The van der Waals surface area contributed by atoms with Gasteiger partial charge in [0.15, 0.2) is 11.4 Å². The summed E-state index contributed by atoms with van der Waals surface area (Å²) >= 11 is 0. The maximum atomic E-state index is 6.67. The molecule has 0 saturated carbocycles. The van der Waals surface area contributed by atoms with Crippen LogP contribution in [0, 0.1) is 0 Å². The van der Waals surface area contributed by atoms with Gasteiger partial charge in [-0.05, 0) is 59.7 Å². The Labute approximate surface area is 326 Å². The fourth-order valence-corrected chi connectivity index (χ4v) is 8.62. The number of para-hydroxylation sites is 3. The van der Waals surface area contributed by atoms with Crippen molar-refractivity contribution in [3.63, 3.8) is 0 Å². The van der Waals surface area contributed by atoms with Gasteiger partial charge in [-0.25, -0.2) is 9.97 Å². The summed E-state index contributed by atoms with van der Waals surface area (Å²) in [7, 11) is 0. The molecule has 12 aromatic rings. The van der Waals surface area contributed by atoms with E-state index in [1.807, 2.05) is 48.5 Å². The summed E-state index contributed by atoms with van der Waals surface area (Å²) in [4.78, 5) is 10.5. The Kier molecular flexibility index (Phi) is 6.86. The predicted octanol–water partition coefficient (Wildman–Crippen LogP) is 14.0. The molecule has 0 amide bonds. The molecule has 0 aliphatic heterocycles. The first-order valence-electron chi connectivity index (χ1n) is 19.2. The van der Waals surface area contributed by atoms with Crippen molar-refractivity contribution in [2.45, 2.75) is 0 Å². The molecule has 0 aliphatic rings. The van der Waals surface area contributed by atoms with Gasteiger partial charge in [-0.1, -0.05) is 140 Å². The summed E-state index contributed by atoms with van der Waals surface area (Å²) in [5.41, 5.74) is 14.2. The van der Waals surface area contributed by atoms with Gasteiger partial charge in [0.1, 0.15) is 28.0 Å². The minimum Gasteiger partial charge on any atom is -0.456 e. The molecular weight excluding hydrogens is 699 g/mol. The molecule has 0 saturated heterocycles. The molecule has 0 aliphatic carbocycles. The van der Waals surface area contributed by atoms with Gasteiger partial charge in [0, 0.05) is 49.2 Å². The van der Waals surface area contributed by atoms with E-state index < -0.39 is 0 Å². The fraction of sp³-hybridized carbons (Fsp3) is 0. The highest BCUT2D eigenvalue weighted by atomic mass is 16.3. The minimum absolute atomic E-state index is 0.648. The van der Waals surface area contributed by atoms with Gasteiger partial charge in [-0.15, -0.1) is 0 Å². The van der Waals surface area contributed by atoms with Crippen LogP contribution in [0.15, 0.2) is 197 Å². The van der Waals surface area contributed by atoms with Crippen LogP contribution in [0.25, 0.3) is 116 Å². The SMILES string of the molecule is c1ccc(-c2nc(-c3cc(-c4ccccc4)c(-n4c5ccccc5c5cc6oc7ccccc7c6cc54)c(-c4ccccc4)c3)c3oc4ccccc4c3n2)cc1. The third kappa shape index (κ3) is 4.89.